The van der Waals surface area contributed by atoms with Crippen molar-refractivity contribution < 1.29 is 9.18 Å². The molecular weight excluding hydrogens is 215 g/mol. The van der Waals surface area contributed by atoms with Crippen LogP contribution < -0.4 is 5.73 Å². The molecule has 0 fully saturated rings. The van der Waals surface area contributed by atoms with Crippen LogP contribution in [-0.2, 0) is 0 Å². The molecule has 0 aliphatic heterocycles. The number of halogens is 2. The van der Waals surface area contributed by atoms with Gasteiger partial charge in [-0.1, -0.05) is 0 Å². The van der Waals surface area contributed by atoms with Gasteiger partial charge in [0.2, 0.25) is 0 Å². The number of pyridine rings is 1. The Bertz CT molecular complexity index is 303. The Hall–Kier alpha value is -0.970. The molecule has 0 aliphatic carbocycles. The van der Waals surface area contributed by atoms with Crippen molar-refractivity contribution in [1.29, 1.82) is 0 Å². The average molecular weight is 219 g/mol. The Morgan fingerprint density at radius 2 is 2.27 bits per heavy atom. The van der Waals surface area contributed by atoms with Crippen LogP contribution in [0.2, 0.25) is 0 Å². The molecule has 58 valence electrons. The summed E-state index contributed by atoms with van der Waals surface area (Å²) in [6, 6.07) is 2.51. The summed E-state index contributed by atoms with van der Waals surface area (Å²) in [4.78, 5) is 14.0. The monoisotopic (exact) mass is 218 g/mol. The predicted octanol–water partition coefficient (Wildman–Crippen LogP) is 1.08. The molecule has 11 heavy (non-hydrogen) atoms. The summed E-state index contributed by atoms with van der Waals surface area (Å²) in [6.07, 6.45) is 0. The minimum atomic E-state index is -0.871. The molecule has 2 N–H and O–H groups in total. The second-order valence-electron chi connectivity index (χ2n) is 1.83. The van der Waals surface area contributed by atoms with Crippen molar-refractivity contribution in [3.05, 3.63) is 28.2 Å². The molecule has 0 saturated heterocycles. The van der Waals surface area contributed by atoms with E-state index in [9.17, 15) is 9.18 Å². The van der Waals surface area contributed by atoms with Gasteiger partial charge in [0.1, 0.15) is 4.60 Å². The third-order valence-corrected chi connectivity index (χ3v) is 1.49. The van der Waals surface area contributed by atoms with Crippen molar-refractivity contribution in [2.45, 2.75) is 0 Å². The van der Waals surface area contributed by atoms with Crippen molar-refractivity contribution in [3.63, 3.8) is 0 Å². The van der Waals surface area contributed by atoms with Gasteiger partial charge in [-0.15, -0.1) is 0 Å². The lowest BCUT2D eigenvalue weighted by atomic mass is 10.3. The Kier molecular flexibility index (Phi) is 2.19. The second-order valence-corrected chi connectivity index (χ2v) is 2.64. The highest BCUT2D eigenvalue weighted by Gasteiger charge is 2.09. The first-order chi connectivity index (χ1) is 5.11. The number of carbonyl (C=O) groups is 1. The van der Waals surface area contributed by atoms with Gasteiger partial charge >= 0.3 is 0 Å². The van der Waals surface area contributed by atoms with Gasteiger partial charge in [0.25, 0.3) is 5.91 Å². The molecule has 0 radical (unpaired) electrons. The standard InChI is InChI=1S/C6H4BrFN2O/c7-4-2-1-3(8)5(10-4)6(9)11/h1-2H,(H2,9,11). The normalized spacial score (nSPS) is 9.64. The Labute approximate surface area is 70.6 Å². The zero-order valence-corrected chi connectivity index (χ0v) is 6.93. The number of hydrogen-bond acceptors (Lipinski definition) is 2. The van der Waals surface area contributed by atoms with Crippen LogP contribution in [0.4, 0.5) is 4.39 Å². The van der Waals surface area contributed by atoms with Gasteiger partial charge in [-0.25, -0.2) is 9.37 Å². The quantitative estimate of drug-likeness (QED) is 0.718. The molecule has 0 aliphatic rings. The van der Waals surface area contributed by atoms with Crippen LogP contribution in [0, 0.1) is 5.82 Å². The van der Waals surface area contributed by atoms with Crippen LogP contribution in [0.25, 0.3) is 0 Å². The molecule has 0 atom stereocenters. The number of aromatic nitrogens is 1. The highest BCUT2D eigenvalue weighted by molar-refractivity contribution is 9.10. The molecule has 1 aromatic heterocycles. The Morgan fingerprint density at radius 3 is 2.73 bits per heavy atom. The first-order valence-corrected chi connectivity index (χ1v) is 3.52. The van der Waals surface area contributed by atoms with Crippen LogP contribution in [0.5, 0.6) is 0 Å². The molecule has 0 saturated carbocycles. The van der Waals surface area contributed by atoms with E-state index in [2.05, 4.69) is 20.9 Å². The summed E-state index contributed by atoms with van der Waals surface area (Å²) < 4.78 is 13.0. The lowest BCUT2D eigenvalue weighted by molar-refractivity contribution is 0.0991. The summed E-state index contributed by atoms with van der Waals surface area (Å²) in [6.45, 7) is 0. The van der Waals surface area contributed by atoms with Crippen molar-refractivity contribution in [2.75, 3.05) is 0 Å². The molecule has 5 heteroatoms. The SMILES string of the molecule is NC(=O)c1nc(Br)ccc1F. The van der Waals surface area contributed by atoms with Gasteiger partial charge in [0, 0.05) is 0 Å². The van der Waals surface area contributed by atoms with E-state index >= 15 is 0 Å². The molecule has 3 nitrogen and oxygen atoms in total. The Morgan fingerprint density at radius 1 is 1.64 bits per heavy atom. The number of hydrogen-bond donors (Lipinski definition) is 1. The van der Waals surface area contributed by atoms with Crippen LogP contribution in [-0.4, -0.2) is 10.9 Å². The van der Waals surface area contributed by atoms with Crippen molar-refractivity contribution in [2.24, 2.45) is 5.73 Å². The van der Waals surface area contributed by atoms with Crippen molar-refractivity contribution in [3.8, 4) is 0 Å². The maximum absolute atomic E-state index is 12.6. The van der Waals surface area contributed by atoms with E-state index in [1.54, 1.807) is 0 Å². The van der Waals surface area contributed by atoms with E-state index in [1.807, 2.05) is 0 Å². The topological polar surface area (TPSA) is 56.0 Å². The van der Waals surface area contributed by atoms with Gasteiger partial charge < -0.3 is 5.73 Å². The van der Waals surface area contributed by atoms with Gasteiger partial charge in [-0.3, -0.25) is 4.79 Å². The van der Waals surface area contributed by atoms with E-state index < -0.39 is 11.7 Å². The van der Waals surface area contributed by atoms with Crippen molar-refractivity contribution in [1.82, 2.24) is 4.98 Å². The number of primary amides is 1. The first kappa shape index (κ1) is 8.13. The van der Waals surface area contributed by atoms with E-state index in [-0.39, 0.29) is 5.69 Å². The predicted molar refractivity (Wildman–Crippen MR) is 40.4 cm³/mol. The molecule has 1 rings (SSSR count). The fraction of sp³-hybridized carbons (Fsp3) is 0. The summed E-state index contributed by atoms with van der Waals surface area (Å²) in [7, 11) is 0. The van der Waals surface area contributed by atoms with E-state index in [0.29, 0.717) is 4.60 Å². The smallest absolute Gasteiger partial charge is 0.270 e. The van der Waals surface area contributed by atoms with Gasteiger partial charge in [0.15, 0.2) is 11.5 Å². The highest BCUT2D eigenvalue weighted by atomic mass is 79.9. The largest absolute Gasteiger partial charge is 0.364 e. The molecular formula is C6H4BrFN2O. The number of nitrogens with zero attached hydrogens (tertiary/aromatic N) is 1. The van der Waals surface area contributed by atoms with E-state index in [0.717, 1.165) is 6.07 Å². The zero-order chi connectivity index (χ0) is 8.43. The summed E-state index contributed by atoms with van der Waals surface area (Å²) >= 11 is 2.98. The maximum Gasteiger partial charge on any atom is 0.270 e. The van der Waals surface area contributed by atoms with Gasteiger partial charge in [-0.05, 0) is 28.1 Å². The molecule has 0 unspecified atom stereocenters. The number of nitrogens with two attached hydrogens (primary N) is 1. The van der Waals surface area contributed by atoms with E-state index in [4.69, 9.17) is 5.73 Å². The zero-order valence-electron chi connectivity index (χ0n) is 5.34. The average Bonchev–Trinajstić information content (AvgIpc) is 1.94. The van der Waals surface area contributed by atoms with Crippen LogP contribution >= 0.6 is 15.9 Å². The number of rotatable bonds is 1. The lowest BCUT2D eigenvalue weighted by Gasteiger charge is -1.96. The molecule has 1 heterocycles. The van der Waals surface area contributed by atoms with Gasteiger partial charge in [-0.2, -0.15) is 0 Å². The maximum atomic E-state index is 12.6. The lowest BCUT2D eigenvalue weighted by Crippen LogP contribution is -2.15. The second kappa shape index (κ2) is 2.96. The minimum absolute atomic E-state index is 0.348. The highest BCUT2D eigenvalue weighted by Crippen LogP contribution is 2.09. The molecule has 0 aromatic carbocycles. The molecule has 0 bridgehead atoms. The third-order valence-electron chi connectivity index (χ3n) is 1.05. The fourth-order valence-corrected chi connectivity index (χ4v) is 0.901. The Balaban J connectivity index is 3.23. The van der Waals surface area contributed by atoms with E-state index in [1.165, 1.54) is 6.07 Å². The molecule has 0 spiro atoms. The van der Waals surface area contributed by atoms with Crippen LogP contribution in [0.1, 0.15) is 10.5 Å². The minimum Gasteiger partial charge on any atom is -0.364 e. The third kappa shape index (κ3) is 1.74. The molecule has 1 amide bonds. The number of carbonyl (C=O) groups excluding carboxylic acids is 1. The van der Waals surface area contributed by atoms with Crippen LogP contribution in [0.15, 0.2) is 16.7 Å². The van der Waals surface area contributed by atoms with Gasteiger partial charge in [0.05, 0.1) is 0 Å². The summed E-state index contributed by atoms with van der Waals surface area (Å²) in [5.74, 6) is -1.58. The first-order valence-electron chi connectivity index (χ1n) is 2.73. The summed E-state index contributed by atoms with van der Waals surface area (Å²) in [5.41, 5.74) is 4.47. The van der Waals surface area contributed by atoms with Crippen molar-refractivity contribution >= 4 is 21.8 Å². The summed E-state index contributed by atoms with van der Waals surface area (Å²) in [5, 5.41) is 0. The number of amides is 1. The van der Waals surface area contributed by atoms with Crippen LogP contribution in [0.3, 0.4) is 0 Å². The fourth-order valence-electron chi connectivity index (χ4n) is 0.591. The molecule has 1 aromatic rings.